The zero-order valence-electron chi connectivity index (χ0n) is 10.3. The number of imide groups is 1. The number of nitrogens with zero attached hydrogens (tertiary/aromatic N) is 2. The first-order chi connectivity index (χ1) is 9.59. The lowest BCUT2D eigenvalue weighted by Crippen LogP contribution is -2.47. The smallest absolute Gasteiger partial charge is 0.340 e. The zero-order valence-corrected chi connectivity index (χ0v) is 13.3. The number of methoxy groups -OCH3 is 1. The molecule has 0 fully saturated rings. The van der Waals surface area contributed by atoms with Crippen molar-refractivity contribution >= 4 is 70.0 Å². The van der Waals surface area contributed by atoms with Gasteiger partial charge in [0.2, 0.25) is 0 Å². The molecule has 11 heteroatoms. The fraction of sp³-hybridized carbons (Fsp3) is 0.200. The summed E-state index contributed by atoms with van der Waals surface area (Å²) >= 11 is 22.0. The lowest BCUT2D eigenvalue weighted by molar-refractivity contribution is -0.117. The number of aromatic nitrogens is 1. The van der Waals surface area contributed by atoms with E-state index < -0.39 is 21.7 Å². The number of urea groups is 1. The average Bonchev–Trinajstić information content (AvgIpc) is 2.38. The van der Waals surface area contributed by atoms with Crippen LogP contribution in [0.3, 0.4) is 0 Å². The van der Waals surface area contributed by atoms with Crippen molar-refractivity contribution in [2.45, 2.75) is 3.79 Å². The number of primary amides is 1. The maximum absolute atomic E-state index is 12.0. The van der Waals surface area contributed by atoms with Crippen LogP contribution in [0.4, 0.5) is 10.5 Å². The Labute approximate surface area is 138 Å². The maximum Gasteiger partial charge on any atom is 0.340 e. The molecule has 0 saturated heterocycles. The predicted molar refractivity (Wildman–Crippen MR) is 77.9 cm³/mol. The van der Waals surface area contributed by atoms with E-state index in [1.165, 1.54) is 0 Å². The van der Waals surface area contributed by atoms with Gasteiger partial charge in [-0.15, -0.1) is 0 Å². The third kappa shape index (κ3) is 4.10. The second-order valence-corrected chi connectivity index (χ2v) is 6.16. The number of rotatable bonds is 2. The third-order valence-electron chi connectivity index (χ3n) is 2.16. The number of carbonyl (C=O) groups excluding carboxylic acids is 3. The zero-order chi connectivity index (χ0) is 16.4. The molecule has 0 bridgehead atoms. The molecule has 1 aromatic rings. The first-order valence-electron chi connectivity index (χ1n) is 5.04. The van der Waals surface area contributed by atoms with Crippen LogP contribution in [0.25, 0.3) is 0 Å². The van der Waals surface area contributed by atoms with Crippen LogP contribution in [-0.4, -0.2) is 33.8 Å². The number of carbonyl (C=O) groups is 3. The van der Waals surface area contributed by atoms with E-state index in [4.69, 9.17) is 52.1 Å². The summed E-state index contributed by atoms with van der Waals surface area (Å²) in [5.41, 5.74) is 4.52. The molecule has 1 heterocycles. The Bertz CT molecular complexity index is 602. The first kappa shape index (κ1) is 17.8. The van der Waals surface area contributed by atoms with Gasteiger partial charge in [-0.1, -0.05) is 46.4 Å². The van der Waals surface area contributed by atoms with Gasteiger partial charge in [0.15, 0.2) is 0 Å². The second-order valence-electron chi connectivity index (χ2n) is 3.49. The highest BCUT2D eigenvalue weighted by molar-refractivity contribution is 6.77. The summed E-state index contributed by atoms with van der Waals surface area (Å²) in [5.74, 6) is -2.17. The van der Waals surface area contributed by atoms with Crippen molar-refractivity contribution < 1.29 is 19.1 Å². The quantitative estimate of drug-likeness (QED) is 0.486. The number of amides is 3. The average molecular weight is 375 g/mol. The van der Waals surface area contributed by atoms with Crippen LogP contribution in [0, 0.1) is 0 Å². The van der Waals surface area contributed by atoms with Gasteiger partial charge in [0.1, 0.15) is 5.15 Å². The van der Waals surface area contributed by atoms with Crippen LogP contribution < -0.4 is 10.6 Å². The van der Waals surface area contributed by atoms with Crippen molar-refractivity contribution in [3.05, 3.63) is 23.0 Å². The third-order valence-corrected chi connectivity index (χ3v) is 2.85. The summed E-state index contributed by atoms with van der Waals surface area (Å²) < 4.78 is 2.04. The van der Waals surface area contributed by atoms with E-state index in [1.54, 1.807) is 0 Å². The van der Waals surface area contributed by atoms with Crippen LogP contribution >= 0.6 is 46.4 Å². The van der Waals surface area contributed by atoms with Crippen molar-refractivity contribution in [3.63, 3.8) is 0 Å². The molecule has 1 rings (SSSR count). The van der Waals surface area contributed by atoms with Gasteiger partial charge in [0.25, 0.3) is 9.70 Å². The van der Waals surface area contributed by atoms with Gasteiger partial charge in [-0.3, -0.25) is 4.79 Å². The minimum atomic E-state index is -2.47. The minimum Gasteiger partial charge on any atom is -0.465 e. The second kappa shape index (κ2) is 6.65. The summed E-state index contributed by atoms with van der Waals surface area (Å²) in [7, 11) is 1.09. The van der Waals surface area contributed by atoms with Crippen LogP contribution in [0.5, 0.6) is 0 Å². The molecule has 0 atom stereocenters. The molecule has 0 radical (unpaired) electrons. The molecule has 2 N–H and O–H groups in total. The summed E-state index contributed by atoms with van der Waals surface area (Å²) in [6, 6.07) is -0.203. The number of anilines is 1. The van der Waals surface area contributed by atoms with E-state index in [2.05, 4.69) is 9.72 Å². The van der Waals surface area contributed by atoms with Gasteiger partial charge in [0, 0.05) is 0 Å². The Morgan fingerprint density at radius 1 is 1.33 bits per heavy atom. The molecule has 0 aliphatic carbocycles. The topological polar surface area (TPSA) is 103 Å². The Kier molecular flexibility index (Phi) is 5.63. The van der Waals surface area contributed by atoms with Crippen LogP contribution in [0.1, 0.15) is 10.4 Å². The Morgan fingerprint density at radius 3 is 2.33 bits per heavy atom. The highest BCUT2D eigenvalue weighted by atomic mass is 35.6. The first-order valence-corrected chi connectivity index (χ1v) is 6.55. The molecule has 0 spiro atoms. The van der Waals surface area contributed by atoms with Gasteiger partial charge in [-0.2, -0.15) is 0 Å². The molecule has 114 valence electrons. The Morgan fingerprint density at radius 2 is 1.90 bits per heavy atom. The van der Waals surface area contributed by atoms with Gasteiger partial charge in [-0.05, 0) is 6.07 Å². The normalized spacial score (nSPS) is 10.9. The van der Waals surface area contributed by atoms with E-state index in [1.807, 2.05) is 0 Å². The number of hydrogen-bond donors (Lipinski definition) is 1. The van der Waals surface area contributed by atoms with E-state index in [0.29, 0.717) is 4.90 Å². The van der Waals surface area contributed by atoms with Crippen molar-refractivity contribution in [2.24, 2.45) is 5.73 Å². The molecule has 21 heavy (non-hydrogen) atoms. The summed E-state index contributed by atoms with van der Waals surface area (Å²) in [6.45, 7) is 0. The molecule has 0 aromatic carbocycles. The number of pyridine rings is 1. The molecule has 0 saturated carbocycles. The summed E-state index contributed by atoms with van der Waals surface area (Å²) in [4.78, 5) is 39.1. The Balaban J connectivity index is 3.50. The van der Waals surface area contributed by atoms with Crippen molar-refractivity contribution in [2.75, 3.05) is 12.0 Å². The molecule has 0 aliphatic heterocycles. The number of alkyl halides is 3. The molecule has 0 unspecified atom stereocenters. The highest BCUT2D eigenvalue weighted by Crippen LogP contribution is 2.32. The van der Waals surface area contributed by atoms with Gasteiger partial charge < -0.3 is 10.5 Å². The Hall–Kier alpha value is -1.28. The standard InChI is InChI=1S/C10H7Cl4N3O4/c1-21-7(18)4-2-6(11)16-3-5(4)17(9(15)20)8(19)10(12,13)14/h2-3H,1H3,(H2,15,20). The molecular formula is C10H7Cl4N3O4. The summed E-state index contributed by atoms with van der Waals surface area (Å²) in [5, 5.41) is -0.0788. The fourth-order valence-electron chi connectivity index (χ4n) is 1.33. The van der Waals surface area contributed by atoms with Crippen LogP contribution in [-0.2, 0) is 9.53 Å². The van der Waals surface area contributed by atoms with Gasteiger partial charge in [0.05, 0.1) is 24.6 Å². The number of ether oxygens (including phenoxy) is 1. The molecule has 0 aliphatic rings. The van der Waals surface area contributed by atoms with Crippen molar-refractivity contribution in [3.8, 4) is 0 Å². The number of nitrogens with two attached hydrogens (primary N) is 1. The van der Waals surface area contributed by atoms with E-state index in [9.17, 15) is 14.4 Å². The minimum absolute atomic E-state index is 0.0788. The lowest BCUT2D eigenvalue weighted by Gasteiger charge is -2.23. The summed E-state index contributed by atoms with van der Waals surface area (Å²) in [6.07, 6.45) is 0.952. The fourth-order valence-corrected chi connectivity index (χ4v) is 1.74. The molecule has 1 aromatic heterocycles. The number of hydrogen-bond acceptors (Lipinski definition) is 5. The largest absolute Gasteiger partial charge is 0.465 e. The monoisotopic (exact) mass is 373 g/mol. The van der Waals surface area contributed by atoms with Crippen molar-refractivity contribution in [1.29, 1.82) is 0 Å². The van der Waals surface area contributed by atoms with Crippen LogP contribution in [0.2, 0.25) is 5.15 Å². The molecule has 7 nitrogen and oxygen atoms in total. The number of halogens is 4. The van der Waals surface area contributed by atoms with E-state index in [-0.39, 0.29) is 16.4 Å². The lowest BCUT2D eigenvalue weighted by atomic mass is 10.2. The predicted octanol–water partition coefficient (Wildman–Crippen LogP) is 2.30. The van der Waals surface area contributed by atoms with Gasteiger partial charge in [-0.25, -0.2) is 19.5 Å². The SMILES string of the molecule is COC(=O)c1cc(Cl)ncc1N(C(N)=O)C(=O)C(Cl)(Cl)Cl. The van der Waals surface area contributed by atoms with Gasteiger partial charge >= 0.3 is 12.0 Å². The van der Waals surface area contributed by atoms with Crippen molar-refractivity contribution in [1.82, 2.24) is 4.98 Å². The highest BCUT2D eigenvalue weighted by Gasteiger charge is 2.40. The number of esters is 1. The molecular weight excluding hydrogens is 368 g/mol. The van der Waals surface area contributed by atoms with E-state index in [0.717, 1.165) is 19.4 Å². The van der Waals surface area contributed by atoms with Crippen LogP contribution in [0.15, 0.2) is 12.3 Å². The van der Waals surface area contributed by atoms with E-state index >= 15 is 0 Å². The molecule has 3 amide bonds. The maximum atomic E-state index is 12.0.